The number of rotatable bonds is 4. The van der Waals surface area contributed by atoms with E-state index >= 15 is 0 Å². The van der Waals surface area contributed by atoms with Gasteiger partial charge in [0.1, 0.15) is 10.8 Å². The van der Waals surface area contributed by atoms with E-state index in [4.69, 9.17) is 22.7 Å². The standard InChI is InChI=1S/C15H21FN2OS/c1-3-13-9-19-10(2)7-18(13)8-11-4-5-12(16)6-14(11)15(17)20/h4-6,10,13H,3,7-9H2,1-2H3,(H2,17,20). The van der Waals surface area contributed by atoms with Crippen molar-refractivity contribution < 1.29 is 9.13 Å². The van der Waals surface area contributed by atoms with Gasteiger partial charge in [0.15, 0.2) is 0 Å². The Balaban J connectivity index is 2.21. The molecule has 2 rings (SSSR count). The first-order chi connectivity index (χ1) is 9.51. The molecule has 0 aliphatic carbocycles. The van der Waals surface area contributed by atoms with E-state index < -0.39 is 0 Å². The van der Waals surface area contributed by atoms with E-state index in [0.29, 0.717) is 11.6 Å². The maximum atomic E-state index is 13.3. The molecule has 1 aromatic rings. The lowest BCUT2D eigenvalue weighted by molar-refractivity contribution is -0.0592. The van der Waals surface area contributed by atoms with Gasteiger partial charge >= 0.3 is 0 Å². The minimum Gasteiger partial charge on any atom is -0.389 e. The number of halogens is 1. The average Bonchev–Trinajstić information content (AvgIpc) is 2.41. The van der Waals surface area contributed by atoms with Crippen LogP contribution in [0, 0.1) is 5.82 Å². The first kappa shape index (κ1) is 15.4. The second-order valence-corrected chi connectivity index (χ2v) is 5.74. The fraction of sp³-hybridized carbons (Fsp3) is 0.533. The molecular weight excluding hydrogens is 275 g/mol. The number of benzene rings is 1. The van der Waals surface area contributed by atoms with E-state index in [1.54, 1.807) is 6.07 Å². The molecule has 5 heteroatoms. The lowest BCUT2D eigenvalue weighted by Gasteiger charge is -2.38. The lowest BCUT2D eigenvalue weighted by Crippen LogP contribution is -2.48. The molecule has 110 valence electrons. The van der Waals surface area contributed by atoms with E-state index in [-0.39, 0.29) is 16.9 Å². The zero-order chi connectivity index (χ0) is 14.7. The molecule has 0 bridgehead atoms. The van der Waals surface area contributed by atoms with Crippen molar-refractivity contribution in [2.45, 2.75) is 39.0 Å². The van der Waals surface area contributed by atoms with Gasteiger partial charge in [-0.1, -0.05) is 25.2 Å². The Hall–Kier alpha value is -1.04. The highest BCUT2D eigenvalue weighted by Crippen LogP contribution is 2.20. The van der Waals surface area contributed by atoms with Crippen molar-refractivity contribution in [1.29, 1.82) is 0 Å². The van der Waals surface area contributed by atoms with Crippen LogP contribution in [0.3, 0.4) is 0 Å². The van der Waals surface area contributed by atoms with E-state index in [1.807, 2.05) is 0 Å². The van der Waals surface area contributed by atoms with E-state index in [9.17, 15) is 4.39 Å². The minimum absolute atomic E-state index is 0.214. The first-order valence-electron chi connectivity index (χ1n) is 6.95. The summed E-state index contributed by atoms with van der Waals surface area (Å²) in [7, 11) is 0. The Morgan fingerprint density at radius 2 is 2.30 bits per heavy atom. The van der Waals surface area contributed by atoms with Crippen LogP contribution in [0.25, 0.3) is 0 Å². The lowest BCUT2D eigenvalue weighted by atomic mass is 10.0. The summed E-state index contributed by atoms with van der Waals surface area (Å²) in [5.41, 5.74) is 7.32. The predicted octanol–water partition coefficient (Wildman–Crippen LogP) is 2.46. The predicted molar refractivity (Wildman–Crippen MR) is 82.2 cm³/mol. The summed E-state index contributed by atoms with van der Waals surface area (Å²) in [5.74, 6) is -0.307. The highest BCUT2D eigenvalue weighted by atomic mass is 32.1. The third-order valence-electron chi connectivity index (χ3n) is 3.76. The molecular formula is C15H21FN2OS. The van der Waals surface area contributed by atoms with Crippen LogP contribution in [0.5, 0.6) is 0 Å². The van der Waals surface area contributed by atoms with Gasteiger partial charge in [-0.05, 0) is 31.0 Å². The number of thiocarbonyl (C=S) groups is 1. The summed E-state index contributed by atoms with van der Waals surface area (Å²) in [5, 5.41) is 0. The zero-order valence-electron chi connectivity index (χ0n) is 11.9. The molecule has 0 saturated carbocycles. The van der Waals surface area contributed by atoms with Gasteiger partial charge < -0.3 is 10.5 Å². The molecule has 0 spiro atoms. The number of morpholine rings is 1. The fourth-order valence-electron chi connectivity index (χ4n) is 2.62. The van der Waals surface area contributed by atoms with Gasteiger partial charge in [0.2, 0.25) is 0 Å². The number of hydrogen-bond acceptors (Lipinski definition) is 3. The molecule has 1 saturated heterocycles. The Morgan fingerprint density at radius 1 is 1.55 bits per heavy atom. The van der Waals surface area contributed by atoms with Crippen molar-refractivity contribution in [3.63, 3.8) is 0 Å². The first-order valence-corrected chi connectivity index (χ1v) is 7.36. The Bertz CT molecular complexity index is 495. The SMILES string of the molecule is CCC1COC(C)CN1Cc1ccc(F)cc1C(N)=S. The van der Waals surface area contributed by atoms with Crippen molar-refractivity contribution in [3.05, 3.63) is 35.1 Å². The molecule has 1 aromatic carbocycles. The molecule has 2 N–H and O–H groups in total. The van der Waals surface area contributed by atoms with Crippen LogP contribution >= 0.6 is 12.2 Å². The number of nitrogens with zero attached hydrogens (tertiary/aromatic N) is 1. The van der Waals surface area contributed by atoms with Crippen LogP contribution < -0.4 is 5.73 Å². The van der Waals surface area contributed by atoms with Gasteiger partial charge in [0.05, 0.1) is 12.7 Å². The van der Waals surface area contributed by atoms with E-state index in [0.717, 1.165) is 31.7 Å². The highest BCUT2D eigenvalue weighted by molar-refractivity contribution is 7.80. The number of hydrogen-bond donors (Lipinski definition) is 1. The van der Waals surface area contributed by atoms with Gasteiger partial charge in [-0.25, -0.2) is 4.39 Å². The van der Waals surface area contributed by atoms with Crippen LogP contribution in [0.2, 0.25) is 0 Å². The van der Waals surface area contributed by atoms with Crippen molar-refractivity contribution >= 4 is 17.2 Å². The molecule has 20 heavy (non-hydrogen) atoms. The van der Waals surface area contributed by atoms with E-state index in [1.165, 1.54) is 12.1 Å². The van der Waals surface area contributed by atoms with Crippen LogP contribution in [0.4, 0.5) is 4.39 Å². The van der Waals surface area contributed by atoms with Gasteiger partial charge in [0, 0.05) is 24.7 Å². The molecule has 1 heterocycles. The van der Waals surface area contributed by atoms with Crippen molar-refractivity contribution in [2.75, 3.05) is 13.2 Å². The second kappa shape index (κ2) is 6.61. The molecule has 1 aliphatic rings. The van der Waals surface area contributed by atoms with Crippen molar-refractivity contribution in [3.8, 4) is 0 Å². The normalized spacial score (nSPS) is 23.8. The molecule has 1 aliphatic heterocycles. The van der Waals surface area contributed by atoms with Gasteiger partial charge in [-0.15, -0.1) is 0 Å². The Morgan fingerprint density at radius 3 is 2.95 bits per heavy atom. The molecule has 0 amide bonds. The van der Waals surface area contributed by atoms with Crippen LogP contribution in [0.1, 0.15) is 31.4 Å². The molecule has 2 atom stereocenters. The topological polar surface area (TPSA) is 38.5 Å². The largest absolute Gasteiger partial charge is 0.389 e. The van der Waals surface area contributed by atoms with Gasteiger partial charge in [-0.3, -0.25) is 4.90 Å². The third kappa shape index (κ3) is 3.53. The summed E-state index contributed by atoms with van der Waals surface area (Å²) in [6.07, 6.45) is 1.24. The maximum absolute atomic E-state index is 13.3. The molecule has 0 radical (unpaired) electrons. The summed E-state index contributed by atoms with van der Waals surface area (Å²) in [4.78, 5) is 2.61. The smallest absolute Gasteiger partial charge is 0.123 e. The third-order valence-corrected chi connectivity index (χ3v) is 3.98. The average molecular weight is 296 g/mol. The quantitative estimate of drug-likeness (QED) is 0.866. The summed E-state index contributed by atoms with van der Waals surface area (Å²) < 4.78 is 19.0. The zero-order valence-corrected chi connectivity index (χ0v) is 12.8. The summed E-state index contributed by atoms with van der Waals surface area (Å²) in [6, 6.07) is 5.04. The molecule has 0 aromatic heterocycles. The van der Waals surface area contributed by atoms with Gasteiger partial charge in [0.25, 0.3) is 0 Å². The number of ether oxygens (including phenoxy) is 1. The minimum atomic E-state index is -0.307. The highest BCUT2D eigenvalue weighted by Gasteiger charge is 2.26. The molecule has 1 fully saturated rings. The fourth-order valence-corrected chi connectivity index (χ4v) is 2.81. The Labute approximate surface area is 124 Å². The van der Waals surface area contributed by atoms with Crippen molar-refractivity contribution in [1.82, 2.24) is 4.90 Å². The second-order valence-electron chi connectivity index (χ2n) is 5.30. The van der Waals surface area contributed by atoms with E-state index in [2.05, 4.69) is 18.7 Å². The Kier molecular flexibility index (Phi) is 5.07. The molecule has 2 unspecified atom stereocenters. The van der Waals surface area contributed by atoms with Gasteiger partial charge in [-0.2, -0.15) is 0 Å². The number of nitrogens with two attached hydrogens (primary N) is 1. The van der Waals surface area contributed by atoms with Crippen LogP contribution in [0.15, 0.2) is 18.2 Å². The monoisotopic (exact) mass is 296 g/mol. The van der Waals surface area contributed by atoms with Crippen LogP contribution in [-0.4, -0.2) is 35.2 Å². The van der Waals surface area contributed by atoms with Crippen molar-refractivity contribution in [2.24, 2.45) is 5.73 Å². The maximum Gasteiger partial charge on any atom is 0.123 e. The summed E-state index contributed by atoms with van der Waals surface area (Å²) >= 11 is 5.03. The summed E-state index contributed by atoms with van der Waals surface area (Å²) in [6.45, 7) is 6.54. The van der Waals surface area contributed by atoms with Crippen LogP contribution in [-0.2, 0) is 11.3 Å². The molecule has 3 nitrogen and oxygen atoms in total.